The smallest absolute Gasteiger partial charge is 0.416 e. The van der Waals surface area contributed by atoms with E-state index in [-0.39, 0.29) is 0 Å². The lowest BCUT2D eigenvalue weighted by atomic mass is 9.96. The first-order valence-electron chi connectivity index (χ1n) is 15.2. The molecule has 2 aromatic heterocycles. The minimum atomic E-state index is -4.60. The summed E-state index contributed by atoms with van der Waals surface area (Å²) in [6.45, 7) is 0. The van der Waals surface area contributed by atoms with Gasteiger partial charge in [0.15, 0.2) is 0 Å². The number of aromatic nitrogens is 2. The summed E-state index contributed by atoms with van der Waals surface area (Å²) in [6.07, 6.45) is -4.60. The standard InChI is InChI=1S/C40H26F3N3O2/c1-47-26-13-17-38-32(21-26)33-22-27(48-2)14-18-39(33)46(38)37-16-12-25(40(41,42)43)20-31(37)30-19-24(23-44)11-15-36(30)45-34-9-5-3-7-28(34)29-8-4-6-10-35(29)45/h3-22H,1-2H3. The van der Waals surface area contributed by atoms with Gasteiger partial charge in [-0.3, -0.25) is 0 Å². The second-order valence-corrected chi connectivity index (χ2v) is 11.5. The van der Waals surface area contributed by atoms with Crippen LogP contribution in [0.1, 0.15) is 11.1 Å². The fourth-order valence-electron chi connectivity index (χ4n) is 6.82. The maximum atomic E-state index is 14.5. The van der Waals surface area contributed by atoms with E-state index >= 15 is 0 Å². The van der Waals surface area contributed by atoms with Crippen LogP contribution in [-0.4, -0.2) is 23.4 Å². The lowest BCUT2D eigenvalue weighted by molar-refractivity contribution is -0.137. The highest BCUT2D eigenvalue weighted by Gasteiger charge is 2.32. The Morgan fingerprint density at radius 3 is 1.52 bits per heavy atom. The van der Waals surface area contributed by atoms with Crippen molar-refractivity contribution in [2.45, 2.75) is 6.18 Å². The molecule has 8 rings (SSSR count). The minimum Gasteiger partial charge on any atom is -0.497 e. The summed E-state index contributed by atoms with van der Waals surface area (Å²) in [5.41, 5.74) is 4.86. The number of alkyl halides is 3. The number of fused-ring (bicyclic) bond motifs is 6. The van der Waals surface area contributed by atoms with Gasteiger partial charge in [0.2, 0.25) is 0 Å². The summed E-state index contributed by atoms with van der Waals surface area (Å²) in [5, 5.41) is 13.7. The minimum absolute atomic E-state index is 0.323. The van der Waals surface area contributed by atoms with Crippen LogP contribution in [0.4, 0.5) is 13.2 Å². The van der Waals surface area contributed by atoms with Crippen molar-refractivity contribution in [3.63, 3.8) is 0 Å². The molecule has 234 valence electrons. The molecule has 0 fully saturated rings. The summed E-state index contributed by atoms with van der Waals surface area (Å²) in [4.78, 5) is 0. The summed E-state index contributed by atoms with van der Waals surface area (Å²) < 4.78 is 58.5. The Labute approximate surface area is 273 Å². The summed E-state index contributed by atoms with van der Waals surface area (Å²) in [5.74, 6) is 1.29. The number of nitriles is 1. The van der Waals surface area contributed by atoms with E-state index in [9.17, 15) is 18.4 Å². The van der Waals surface area contributed by atoms with Crippen LogP contribution in [0.3, 0.4) is 0 Å². The van der Waals surface area contributed by atoms with E-state index in [1.165, 1.54) is 12.1 Å². The van der Waals surface area contributed by atoms with Crippen molar-refractivity contribution in [3.05, 3.63) is 132 Å². The van der Waals surface area contributed by atoms with E-state index in [0.717, 1.165) is 49.7 Å². The zero-order valence-electron chi connectivity index (χ0n) is 25.8. The van der Waals surface area contributed by atoms with E-state index in [1.54, 1.807) is 26.4 Å². The van der Waals surface area contributed by atoms with Gasteiger partial charge in [0.1, 0.15) is 11.5 Å². The van der Waals surface area contributed by atoms with Gasteiger partial charge >= 0.3 is 6.18 Å². The molecule has 0 saturated heterocycles. The maximum Gasteiger partial charge on any atom is 0.416 e. The van der Waals surface area contributed by atoms with Gasteiger partial charge in [0.25, 0.3) is 0 Å². The fraction of sp³-hybridized carbons (Fsp3) is 0.0750. The van der Waals surface area contributed by atoms with Crippen molar-refractivity contribution in [3.8, 4) is 40.1 Å². The Bertz CT molecular complexity index is 2490. The maximum absolute atomic E-state index is 14.5. The van der Waals surface area contributed by atoms with Gasteiger partial charge < -0.3 is 18.6 Å². The van der Waals surface area contributed by atoms with Gasteiger partial charge in [-0.15, -0.1) is 0 Å². The Balaban J connectivity index is 1.52. The van der Waals surface area contributed by atoms with Crippen LogP contribution >= 0.6 is 0 Å². The van der Waals surface area contributed by atoms with Crippen molar-refractivity contribution >= 4 is 43.6 Å². The predicted molar refractivity (Wildman–Crippen MR) is 183 cm³/mol. The Kier molecular flexibility index (Phi) is 6.67. The first kappa shape index (κ1) is 29.2. The third-order valence-corrected chi connectivity index (χ3v) is 8.98. The van der Waals surface area contributed by atoms with Crippen LogP contribution in [0, 0.1) is 11.3 Å². The first-order valence-corrected chi connectivity index (χ1v) is 15.2. The van der Waals surface area contributed by atoms with Crippen LogP contribution < -0.4 is 9.47 Å². The molecule has 2 heterocycles. The fourth-order valence-corrected chi connectivity index (χ4v) is 6.82. The van der Waals surface area contributed by atoms with Crippen molar-refractivity contribution < 1.29 is 22.6 Å². The second kappa shape index (κ2) is 11.0. The van der Waals surface area contributed by atoms with Crippen molar-refractivity contribution in [2.75, 3.05) is 14.2 Å². The zero-order valence-corrected chi connectivity index (χ0v) is 25.8. The molecule has 0 aliphatic heterocycles. The second-order valence-electron chi connectivity index (χ2n) is 11.5. The van der Waals surface area contributed by atoms with Crippen LogP contribution in [0.2, 0.25) is 0 Å². The Hall–Kier alpha value is -6.20. The molecule has 6 aromatic carbocycles. The molecule has 8 heteroatoms. The highest BCUT2D eigenvalue weighted by molar-refractivity contribution is 6.12. The van der Waals surface area contributed by atoms with Crippen molar-refractivity contribution in [1.29, 1.82) is 5.26 Å². The third-order valence-electron chi connectivity index (χ3n) is 8.98. The van der Waals surface area contributed by atoms with Crippen LogP contribution in [0.5, 0.6) is 11.5 Å². The Morgan fingerprint density at radius 1 is 0.542 bits per heavy atom. The van der Waals surface area contributed by atoms with Crippen LogP contribution in [0.25, 0.3) is 66.1 Å². The molecule has 0 aliphatic carbocycles. The monoisotopic (exact) mass is 637 g/mol. The largest absolute Gasteiger partial charge is 0.497 e. The van der Waals surface area contributed by atoms with Crippen molar-refractivity contribution in [2.24, 2.45) is 0 Å². The lowest BCUT2D eigenvalue weighted by Gasteiger charge is -2.20. The number of hydrogen-bond acceptors (Lipinski definition) is 3. The molecule has 0 atom stereocenters. The van der Waals surface area contributed by atoms with Gasteiger partial charge in [0, 0.05) is 32.7 Å². The molecular formula is C40H26F3N3O2. The number of ether oxygens (including phenoxy) is 2. The summed E-state index contributed by atoms with van der Waals surface area (Å²) >= 11 is 0. The number of rotatable bonds is 5. The normalized spacial score (nSPS) is 11.8. The molecule has 0 N–H and O–H groups in total. The average Bonchev–Trinajstić information content (AvgIpc) is 3.62. The topological polar surface area (TPSA) is 52.1 Å². The summed E-state index contributed by atoms with van der Waals surface area (Å²) in [6, 6.07) is 38.4. The van der Waals surface area contributed by atoms with Gasteiger partial charge in [0.05, 0.1) is 64.9 Å². The van der Waals surface area contributed by atoms with E-state index in [2.05, 4.69) is 10.6 Å². The number of benzene rings is 6. The quantitative estimate of drug-likeness (QED) is 0.189. The molecule has 0 unspecified atom stereocenters. The SMILES string of the molecule is COc1ccc2c(c1)c1cc(OC)ccc1n2-c1ccc(C(F)(F)F)cc1-c1cc(C#N)ccc1-n1c2ccccc2c2ccccc21. The Morgan fingerprint density at radius 2 is 1.02 bits per heavy atom. The third kappa shape index (κ3) is 4.47. The first-order chi connectivity index (χ1) is 23.3. The van der Waals surface area contributed by atoms with Crippen LogP contribution in [-0.2, 0) is 6.18 Å². The van der Waals surface area contributed by atoms with Gasteiger partial charge in [-0.1, -0.05) is 36.4 Å². The molecule has 0 saturated carbocycles. The number of para-hydroxylation sites is 2. The number of nitrogens with zero attached hydrogens (tertiary/aromatic N) is 3. The number of methoxy groups -OCH3 is 2. The van der Waals surface area contributed by atoms with E-state index in [1.807, 2.05) is 95.6 Å². The predicted octanol–water partition coefficient (Wildman–Crippen LogP) is 10.5. The lowest BCUT2D eigenvalue weighted by Crippen LogP contribution is -2.08. The molecule has 8 aromatic rings. The van der Waals surface area contributed by atoms with Crippen LogP contribution in [0.15, 0.2) is 121 Å². The highest BCUT2D eigenvalue weighted by atomic mass is 19.4. The van der Waals surface area contributed by atoms with Crippen molar-refractivity contribution in [1.82, 2.24) is 9.13 Å². The highest BCUT2D eigenvalue weighted by Crippen LogP contribution is 2.44. The zero-order chi connectivity index (χ0) is 33.2. The average molecular weight is 638 g/mol. The molecule has 48 heavy (non-hydrogen) atoms. The van der Waals surface area contributed by atoms with E-state index in [0.29, 0.717) is 39.6 Å². The number of hydrogen-bond donors (Lipinski definition) is 0. The molecule has 0 bridgehead atoms. The van der Waals surface area contributed by atoms with E-state index < -0.39 is 11.7 Å². The molecular weight excluding hydrogens is 611 g/mol. The van der Waals surface area contributed by atoms with Gasteiger partial charge in [-0.05, 0) is 84.9 Å². The molecule has 0 aliphatic rings. The van der Waals surface area contributed by atoms with E-state index in [4.69, 9.17) is 9.47 Å². The van der Waals surface area contributed by atoms with Gasteiger partial charge in [-0.2, -0.15) is 18.4 Å². The molecule has 0 spiro atoms. The molecule has 5 nitrogen and oxygen atoms in total. The molecule has 0 radical (unpaired) electrons. The summed E-state index contributed by atoms with van der Waals surface area (Å²) in [7, 11) is 3.18. The number of halogens is 3. The van der Waals surface area contributed by atoms with Gasteiger partial charge in [-0.25, -0.2) is 0 Å². The molecule has 0 amide bonds.